The molecule has 1 aliphatic carbocycles. The number of aromatic nitrogens is 1. The number of amides is 2. The Balaban J connectivity index is 1.31. The third-order valence-electron chi connectivity index (χ3n) is 8.18. The SMILES string of the molecule is CC1(C)CC(=O)n2c(c(-c3ccc(C(N)=O)c(N[C@H]4CC[C@H](OC(=O)CNC(=O)OC(C)(C)C)CC4)c3)c3ccccc32)C1. The highest BCUT2D eigenvalue weighted by Crippen LogP contribution is 2.43. The van der Waals surface area contributed by atoms with Crippen LogP contribution < -0.4 is 16.4 Å². The van der Waals surface area contributed by atoms with Crippen molar-refractivity contribution in [3.8, 4) is 11.1 Å². The zero-order valence-corrected chi connectivity index (χ0v) is 26.1. The number of hydrogen-bond donors (Lipinski definition) is 3. The lowest BCUT2D eigenvalue weighted by molar-refractivity contribution is -0.149. The van der Waals surface area contributed by atoms with E-state index in [4.69, 9.17) is 15.2 Å². The lowest BCUT2D eigenvalue weighted by Gasteiger charge is -2.31. The molecule has 0 bridgehead atoms. The molecule has 3 aromatic rings. The number of fused-ring (bicyclic) bond motifs is 3. The van der Waals surface area contributed by atoms with Gasteiger partial charge in [0.15, 0.2) is 0 Å². The van der Waals surface area contributed by atoms with Gasteiger partial charge in [-0.15, -0.1) is 0 Å². The number of primary amides is 1. The quantitative estimate of drug-likeness (QED) is 0.290. The van der Waals surface area contributed by atoms with E-state index in [1.165, 1.54) is 0 Å². The van der Waals surface area contributed by atoms with Crippen LogP contribution in [0.1, 0.15) is 87.6 Å². The Morgan fingerprint density at radius 1 is 1.02 bits per heavy atom. The minimum atomic E-state index is -0.668. The Kier molecular flexibility index (Phi) is 8.46. The van der Waals surface area contributed by atoms with Crippen LogP contribution >= 0.6 is 0 Å². The lowest BCUT2D eigenvalue weighted by atomic mass is 9.80. The van der Waals surface area contributed by atoms with Gasteiger partial charge < -0.3 is 25.8 Å². The molecule has 1 aromatic heterocycles. The van der Waals surface area contributed by atoms with Crippen LogP contribution in [-0.4, -0.2) is 52.7 Å². The van der Waals surface area contributed by atoms with Gasteiger partial charge in [0.2, 0.25) is 5.91 Å². The van der Waals surface area contributed by atoms with Gasteiger partial charge in [-0.05, 0) is 82.1 Å². The molecule has 2 aromatic carbocycles. The normalized spacial score (nSPS) is 19.6. The van der Waals surface area contributed by atoms with Crippen LogP contribution in [0.5, 0.6) is 0 Å². The molecule has 44 heavy (non-hydrogen) atoms. The number of anilines is 1. The number of nitrogens with zero attached hydrogens (tertiary/aromatic N) is 1. The van der Waals surface area contributed by atoms with Crippen molar-refractivity contribution in [2.45, 2.75) is 90.9 Å². The van der Waals surface area contributed by atoms with Crippen molar-refractivity contribution in [1.29, 1.82) is 0 Å². The predicted octanol–water partition coefficient (Wildman–Crippen LogP) is 5.81. The topological polar surface area (TPSA) is 142 Å². The van der Waals surface area contributed by atoms with Gasteiger partial charge in [0.05, 0.1) is 11.1 Å². The molecule has 0 atom stereocenters. The zero-order chi connectivity index (χ0) is 31.8. The van der Waals surface area contributed by atoms with Gasteiger partial charge in [-0.1, -0.05) is 38.1 Å². The highest BCUT2D eigenvalue weighted by molar-refractivity contribution is 6.06. The molecular weight excluding hydrogens is 560 g/mol. The number of ether oxygens (including phenoxy) is 2. The minimum Gasteiger partial charge on any atom is -0.461 e. The molecule has 5 rings (SSSR count). The number of rotatable bonds is 7. The van der Waals surface area contributed by atoms with E-state index >= 15 is 0 Å². The summed E-state index contributed by atoms with van der Waals surface area (Å²) in [6.07, 6.45) is 3.00. The Morgan fingerprint density at radius 3 is 2.41 bits per heavy atom. The van der Waals surface area contributed by atoms with Crippen LogP contribution in [0.3, 0.4) is 0 Å². The second-order valence-corrected chi connectivity index (χ2v) is 13.7. The van der Waals surface area contributed by atoms with E-state index < -0.39 is 23.6 Å². The van der Waals surface area contributed by atoms with Crippen molar-refractivity contribution in [2.24, 2.45) is 11.1 Å². The first kappa shape index (κ1) is 31.1. The molecule has 0 radical (unpaired) electrons. The summed E-state index contributed by atoms with van der Waals surface area (Å²) in [5.74, 6) is -0.955. The van der Waals surface area contributed by atoms with E-state index in [0.29, 0.717) is 43.4 Å². The Labute approximate surface area is 257 Å². The first-order valence-corrected chi connectivity index (χ1v) is 15.2. The highest BCUT2D eigenvalue weighted by atomic mass is 16.6. The van der Waals surface area contributed by atoms with E-state index in [9.17, 15) is 19.2 Å². The number of carbonyl (C=O) groups excluding carboxylic acids is 4. The van der Waals surface area contributed by atoms with E-state index in [-0.39, 0.29) is 30.0 Å². The van der Waals surface area contributed by atoms with Crippen LogP contribution in [0.4, 0.5) is 10.5 Å². The molecule has 0 unspecified atom stereocenters. The summed E-state index contributed by atoms with van der Waals surface area (Å²) >= 11 is 0. The number of para-hydroxylation sites is 1. The summed E-state index contributed by atoms with van der Waals surface area (Å²) in [4.78, 5) is 49.8. The first-order chi connectivity index (χ1) is 20.7. The molecule has 1 aliphatic heterocycles. The van der Waals surface area contributed by atoms with E-state index in [1.54, 1.807) is 26.8 Å². The average molecular weight is 603 g/mol. The molecule has 2 amide bonds. The molecular formula is C34H42N4O6. The minimum absolute atomic E-state index is 0.0402. The molecule has 10 heteroatoms. The van der Waals surface area contributed by atoms with Crippen molar-refractivity contribution in [1.82, 2.24) is 9.88 Å². The number of hydrogen-bond acceptors (Lipinski definition) is 7. The summed E-state index contributed by atoms with van der Waals surface area (Å²) in [7, 11) is 0. The molecule has 2 aliphatic rings. The van der Waals surface area contributed by atoms with Gasteiger partial charge in [0.25, 0.3) is 5.91 Å². The third-order valence-corrected chi connectivity index (χ3v) is 8.18. The summed E-state index contributed by atoms with van der Waals surface area (Å²) in [5.41, 5.74) is 9.77. The second kappa shape index (κ2) is 12.0. The maximum atomic E-state index is 13.3. The van der Waals surface area contributed by atoms with Gasteiger partial charge >= 0.3 is 12.1 Å². The van der Waals surface area contributed by atoms with Gasteiger partial charge in [0.1, 0.15) is 18.2 Å². The molecule has 4 N–H and O–H groups in total. The smallest absolute Gasteiger partial charge is 0.408 e. The second-order valence-electron chi connectivity index (χ2n) is 13.7. The Hall–Kier alpha value is -4.34. The fourth-order valence-electron chi connectivity index (χ4n) is 6.34. The average Bonchev–Trinajstić information content (AvgIpc) is 3.25. The highest BCUT2D eigenvalue weighted by Gasteiger charge is 2.35. The van der Waals surface area contributed by atoms with E-state index in [0.717, 1.165) is 34.1 Å². The molecule has 0 spiro atoms. The van der Waals surface area contributed by atoms with Crippen LogP contribution in [0.25, 0.3) is 22.0 Å². The standard InChI is InChI=1S/C34H42N4O6/c1-33(2,3)44-32(42)36-19-29(40)43-22-13-11-21(12-14-22)37-25-16-20(10-15-23(25)31(35)41)30-24-8-6-7-9-26(24)38-27(30)17-34(4,5)18-28(38)39/h6-10,15-16,21-22,37H,11-14,17-19H2,1-5H3,(H2,35,41)(H,36,42)/t21-,22-. The fraction of sp³-hybridized carbons (Fsp3) is 0.471. The molecule has 1 saturated carbocycles. The number of nitrogens with one attached hydrogen (secondary N) is 2. The van der Waals surface area contributed by atoms with E-state index in [2.05, 4.69) is 24.5 Å². The Bertz CT molecular complexity index is 1610. The molecule has 2 heterocycles. The number of nitrogens with two attached hydrogens (primary N) is 1. The molecule has 10 nitrogen and oxygen atoms in total. The largest absolute Gasteiger partial charge is 0.461 e. The van der Waals surface area contributed by atoms with Gasteiger partial charge in [-0.3, -0.25) is 19.0 Å². The number of benzene rings is 2. The van der Waals surface area contributed by atoms with Crippen molar-refractivity contribution in [3.05, 3.63) is 53.7 Å². The van der Waals surface area contributed by atoms with Gasteiger partial charge in [0, 0.05) is 34.8 Å². The molecule has 234 valence electrons. The number of alkyl carbamates (subject to hydrolysis) is 1. The summed E-state index contributed by atoms with van der Waals surface area (Å²) in [5, 5.41) is 6.96. The molecule has 1 fully saturated rings. The van der Waals surface area contributed by atoms with Crippen LogP contribution in [-0.2, 0) is 20.7 Å². The maximum Gasteiger partial charge on any atom is 0.408 e. The number of esters is 1. The third kappa shape index (κ3) is 6.90. The Morgan fingerprint density at radius 2 is 1.73 bits per heavy atom. The number of carbonyl (C=O) groups is 4. The fourth-order valence-corrected chi connectivity index (χ4v) is 6.34. The first-order valence-electron chi connectivity index (χ1n) is 15.2. The van der Waals surface area contributed by atoms with Crippen molar-refractivity contribution >= 4 is 40.5 Å². The van der Waals surface area contributed by atoms with Crippen molar-refractivity contribution < 1.29 is 28.7 Å². The summed E-state index contributed by atoms with van der Waals surface area (Å²) < 4.78 is 12.6. The van der Waals surface area contributed by atoms with Crippen molar-refractivity contribution in [2.75, 3.05) is 11.9 Å². The van der Waals surface area contributed by atoms with E-state index in [1.807, 2.05) is 41.0 Å². The summed E-state index contributed by atoms with van der Waals surface area (Å²) in [6.45, 7) is 9.22. The zero-order valence-electron chi connectivity index (χ0n) is 26.1. The van der Waals surface area contributed by atoms with Crippen LogP contribution in [0.2, 0.25) is 0 Å². The van der Waals surface area contributed by atoms with Gasteiger partial charge in [-0.2, -0.15) is 0 Å². The van der Waals surface area contributed by atoms with Gasteiger partial charge in [-0.25, -0.2) is 4.79 Å². The summed E-state index contributed by atoms with van der Waals surface area (Å²) in [6, 6.07) is 13.6. The predicted molar refractivity (Wildman–Crippen MR) is 169 cm³/mol. The molecule has 0 saturated heterocycles. The van der Waals surface area contributed by atoms with Crippen molar-refractivity contribution in [3.63, 3.8) is 0 Å². The lowest BCUT2D eigenvalue weighted by Crippen LogP contribution is -2.38. The monoisotopic (exact) mass is 602 g/mol. The van der Waals surface area contributed by atoms with Crippen LogP contribution in [0, 0.1) is 5.41 Å². The van der Waals surface area contributed by atoms with Crippen LogP contribution in [0.15, 0.2) is 42.5 Å². The maximum absolute atomic E-state index is 13.3.